The summed E-state index contributed by atoms with van der Waals surface area (Å²) in [5.74, 6) is 0.824. The first-order valence-corrected chi connectivity index (χ1v) is 20.2. The molecule has 0 bridgehead atoms. The molecule has 0 N–H and O–H groups in total. The second-order valence-corrected chi connectivity index (χ2v) is 15.9. The minimum Gasteiger partial charge on any atom is -0.309 e. The van der Waals surface area contributed by atoms with E-state index in [1.165, 1.54) is 63.5 Å². The highest BCUT2D eigenvalue weighted by molar-refractivity contribution is 7.26. The summed E-state index contributed by atoms with van der Waals surface area (Å²) in [6.45, 7) is 0. The van der Waals surface area contributed by atoms with Gasteiger partial charge in [0.1, 0.15) is 5.69 Å². The molecule has 5 heteroatoms. The minimum atomic E-state index is 0.824. The Kier molecular flexibility index (Phi) is 6.29. The fraction of sp³-hybridized carbons (Fsp3) is 0. The molecule has 9 aromatic carbocycles. The molecule has 0 radical (unpaired) electrons. The van der Waals surface area contributed by atoms with Crippen molar-refractivity contribution in [1.29, 1.82) is 0 Å². The van der Waals surface area contributed by atoms with Crippen LogP contribution in [0.2, 0.25) is 0 Å². The molecule has 13 aromatic rings. The molecule has 4 aromatic heterocycles. The minimum absolute atomic E-state index is 0.824. The maximum Gasteiger partial charge on any atom is 0.165 e. The van der Waals surface area contributed by atoms with Crippen molar-refractivity contribution >= 4 is 108 Å². The summed E-state index contributed by atoms with van der Waals surface area (Å²) in [6, 6.07) is 65.7. The van der Waals surface area contributed by atoms with E-state index in [-0.39, 0.29) is 0 Å². The van der Waals surface area contributed by atoms with Crippen LogP contribution < -0.4 is 0 Å². The third kappa shape index (κ3) is 4.26. The first kappa shape index (κ1) is 30.9. The summed E-state index contributed by atoms with van der Waals surface area (Å²) in [4.78, 5) is 11.6. The van der Waals surface area contributed by atoms with Gasteiger partial charge in [0.25, 0.3) is 0 Å². The van der Waals surface area contributed by atoms with Crippen molar-refractivity contribution in [2.24, 2.45) is 0 Å². The maximum atomic E-state index is 5.83. The van der Waals surface area contributed by atoms with Gasteiger partial charge in [-0.25, -0.2) is 9.97 Å². The fourth-order valence-electron chi connectivity index (χ4n) is 9.44. The Morgan fingerprint density at radius 2 is 0.860 bits per heavy atom. The van der Waals surface area contributed by atoms with Crippen molar-refractivity contribution in [3.05, 3.63) is 182 Å². The van der Waals surface area contributed by atoms with E-state index in [4.69, 9.17) is 9.97 Å². The highest BCUT2D eigenvalue weighted by Crippen LogP contribution is 2.45. The summed E-state index contributed by atoms with van der Waals surface area (Å²) in [6.07, 6.45) is 0. The van der Waals surface area contributed by atoms with Crippen molar-refractivity contribution < 1.29 is 0 Å². The molecule has 13 rings (SSSR count). The average Bonchev–Trinajstić information content (AvgIpc) is 3.93. The third-order valence-corrected chi connectivity index (χ3v) is 13.1. The number of aromatic nitrogens is 4. The van der Waals surface area contributed by atoms with E-state index < -0.39 is 0 Å². The molecule has 0 aliphatic carbocycles. The number of benzene rings is 9. The van der Waals surface area contributed by atoms with Gasteiger partial charge in [0.05, 0.1) is 33.1 Å². The lowest BCUT2D eigenvalue weighted by atomic mass is 9.99. The van der Waals surface area contributed by atoms with Crippen LogP contribution in [0.25, 0.3) is 119 Å². The number of rotatable bonds is 3. The second kappa shape index (κ2) is 11.6. The Morgan fingerprint density at radius 1 is 0.351 bits per heavy atom. The lowest BCUT2D eigenvalue weighted by Crippen LogP contribution is -2.04. The Labute approximate surface area is 330 Å². The van der Waals surface area contributed by atoms with Gasteiger partial charge < -0.3 is 4.57 Å². The van der Waals surface area contributed by atoms with Gasteiger partial charge in [-0.3, -0.25) is 4.57 Å². The van der Waals surface area contributed by atoms with Crippen LogP contribution in [0.5, 0.6) is 0 Å². The molecule has 264 valence electrons. The number of para-hydroxylation sites is 3. The normalized spacial score (nSPS) is 12.2. The summed E-state index contributed by atoms with van der Waals surface area (Å²) in [5, 5.41) is 11.8. The van der Waals surface area contributed by atoms with Gasteiger partial charge in [0.15, 0.2) is 5.82 Å². The number of hydrogen-bond donors (Lipinski definition) is 0. The zero-order valence-corrected chi connectivity index (χ0v) is 31.3. The maximum absolute atomic E-state index is 5.83. The first-order valence-electron chi connectivity index (χ1n) is 19.3. The molecule has 0 spiro atoms. The summed E-state index contributed by atoms with van der Waals surface area (Å²) >= 11 is 1.83. The van der Waals surface area contributed by atoms with Gasteiger partial charge in [0.2, 0.25) is 0 Å². The van der Waals surface area contributed by atoms with E-state index in [1.54, 1.807) is 0 Å². The predicted octanol–water partition coefficient (Wildman–Crippen LogP) is 14.2. The zero-order valence-electron chi connectivity index (χ0n) is 30.5. The van der Waals surface area contributed by atoms with Crippen LogP contribution in [-0.4, -0.2) is 19.1 Å². The number of hydrogen-bond acceptors (Lipinski definition) is 3. The van der Waals surface area contributed by atoms with E-state index in [1.807, 2.05) is 11.3 Å². The molecule has 0 saturated heterocycles. The van der Waals surface area contributed by atoms with E-state index in [0.717, 1.165) is 55.6 Å². The Morgan fingerprint density at radius 3 is 1.54 bits per heavy atom. The lowest BCUT2D eigenvalue weighted by molar-refractivity contribution is 1.08. The van der Waals surface area contributed by atoms with Crippen molar-refractivity contribution in [1.82, 2.24) is 19.1 Å². The van der Waals surface area contributed by atoms with Crippen LogP contribution in [0.3, 0.4) is 0 Å². The molecule has 0 saturated carbocycles. The fourth-order valence-corrected chi connectivity index (χ4v) is 10.7. The Hall–Kier alpha value is -7.34. The van der Waals surface area contributed by atoms with Crippen molar-refractivity contribution in [2.75, 3.05) is 0 Å². The number of nitrogens with zero attached hydrogens (tertiary/aromatic N) is 4. The quantitative estimate of drug-likeness (QED) is 0.169. The van der Waals surface area contributed by atoms with Crippen LogP contribution in [0.15, 0.2) is 182 Å². The molecule has 0 aliphatic rings. The summed E-state index contributed by atoms with van der Waals surface area (Å²) < 4.78 is 7.27. The number of fused-ring (bicyclic) bond motifs is 15. The molecular weight excluding hydrogens is 713 g/mol. The van der Waals surface area contributed by atoms with Crippen LogP contribution in [-0.2, 0) is 0 Å². The number of thiophene rings is 1. The Bertz CT molecular complexity index is 3810. The van der Waals surface area contributed by atoms with Gasteiger partial charge in [-0.15, -0.1) is 11.3 Å². The van der Waals surface area contributed by atoms with E-state index in [9.17, 15) is 0 Å². The molecule has 57 heavy (non-hydrogen) atoms. The van der Waals surface area contributed by atoms with Gasteiger partial charge in [-0.1, -0.05) is 140 Å². The van der Waals surface area contributed by atoms with Gasteiger partial charge >= 0.3 is 0 Å². The highest BCUT2D eigenvalue weighted by Gasteiger charge is 2.25. The van der Waals surface area contributed by atoms with Gasteiger partial charge in [-0.2, -0.15) is 0 Å². The second-order valence-electron chi connectivity index (χ2n) is 14.9. The monoisotopic (exact) mass is 742 g/mol. The first-order chi connectivity index (χ1) is 28.3. The van der Waals surface area contributed by atoms with Crippen molar-refractivity contribution in [3.63, 3.8) is 0 Å². The topological polar surface area (TPSA) is 35.6 Å². The SMILES string of the molecule is c1ccc(-n2c3ccccc3c3cc4c(cc32)c2ccccc2n4-c2nc3c4ccccc4c4ccccc4c3nc2-c2cccc3c2sc2ccccc23)cc1. The van der Waals surface area contributed by atoms with Crippen LogP contribution in [0.1, 0.15) is 0 Å². The molecule has 4 nitrogen and oxygen atoms in total. The van der Waals surface area contributed by atoms with Gasteiger partial charge in [-0.05, 0) is 53.2 Å². The molecule has 0 atom stereocenters. The standard InChI is InChI=1S/C52H30N4S/c1-2-15-31(16-3-1)55-43-26-11-8-19-34(43)41-30-46-42(29-45(41)55)35-20-9-12-27-44(35)56(46)52-50(40-25-14-24-39-36-21-10-13-28-47(36)57-51(39)40)53-48-37-22-6-4-17-32(37)33-18-5-7-23-38(33)49(48)54-52/h1-30H. The molecule has 0 amide bonds. The third-order valence-electron chi connectivity index (χ3n) is 11.9. The van der Waals surface area contributed by atoms with Crippen molar-refractivity contribution in [3.8, 4) is 22.8 Å². The van der Waals surface area contributed by atoms with E-state index in [2.05, 4.69) is 191 Å². The zero-order chi connectivity index (χ0) is 37.2. The smallest absolute Gasteiger partial charge is 0.165 e. The lowest BCUT2D eigenvalue weighted by Gasteiger charge is -2.17. The van der Waals surface area contributed by atoms with E-state index >= 15 is 0 Å². The molecule has 0 fully saturated rings. The predicted molar refractivity (Wildman–Crippen MR) is 242 cm³/mol. The molecule has 0 unspecified atom stereocenters. The van der Waals surface area contributed by atoms with Crippen LogP contribution in [0.4, 0.5) is 0 Å². The van der Waals surface area contributed by atoms with Crippen molar-refractivity contribution in [2.45, 2.75) is 0 Å². The van der Waals surface area contributed by atoms with Crippen LogP contribution in [0, 0.1) is 0 Å². The largest absolute Gasteiger partial charge is 0.309 e. The molecule has 0 aliphatic heterocycles. The van der Waals surface area contributed by atoms with E-state index in [0.29, 0.717) is 0 Å². The Balaban J connectivity index is 1.23. The highest BCUT2D eigenvalue weighted by atomic mass is 32.1. The summed E-state index contributed by atoms with van der Waals surface area (Å²) in [7, 11) is 0. The molecular formula is C52H30N4S. The van der Waals surface area contributed by atoms with Crippen LogP contribution >= 0.6 is 11.3 Å². The summed E-state index contributed by atoms with van der Waals surface area (Å²) in [5.41, 5.74) is 9.47. The molecule has 4 heterocycles. The average molecular weight is 743 g/mol. The van der Waals surface area contributed by atoms with Gasteiger partial charge in [0, 0.05) is 63.7 Å².